The number of anilines is 1. The van der Waals surface area contributed by atoms with Crippen LogP contribution in [0, 0.1) is 0 Å². The first-order valence-electron chi connectivity index (χ1n) is 11.0. The van der Waals surface area contributed by atoms with E-state index in [9.17, 15) is 22.8 Å². The van der Waals surface area contributed by atoms with E-state index in [0.29, 0.717) is 11.3 Å². The molecule has 2 aromatic heterocycles. The number of nitrogens with one attached hydrogen (secondary N) is 1. The lowest BCUT2D eigenvalue weighted by atomic mass is 10.0. The molecule has 2 aliphatic rings. The Morgan fingerprint density at radius 2 is 1.66 bits per heavy atom. The third kappa shape index (κ3) is 4.36. The maximum atomic E-state index is 13.9. The van der Waals surface area contributed by atoms with Gasteiger partial charge in [0.05, 0.1) is 12.3 Å². The van der Waals surface area contributed by atoms with Gasteiger partial charge < -0.3 is 19.5 Å². The number of piperazine rings is 1. The lowest BCUT2D eigenvalue weighted by Gasteiger charge is -2.34. The molecule has 4 heterocycles. The molecule has 12 heteroatoms. The zero-order valence-electron chi connectivity index (χ0n) is 18.3. The maximum absolute atomic E-state index is 13.9. The highest BCUT2D eigenvalue weighted by Gasteiger charge is 2.48. The molecule has 0 aliphatic carbocycles. The first-order valence-corrected chi connectivity index (χ1v) is 11.4. The molecular formula is C23H21ClF3N5O3. The number of hydrogen-bond donors (Lipinski definition) is 1. The summed E-state index contributed by atoms with van der Waals surface area (Å²) in [6, 6.07) is 9.20. The van der Waals surface area contributed by atoms with Crippen LogP contribution in [-0.4, -0.2) is 63.7 Å². The second-order valence-electron chi connectivity index (χ2n) is 8.41. The number of rotatable bonds is 3. The average Bonchev–Trinajstić information content (AvgIpc) is 3.51. The number of amides is 2. The van der Waals surface area contributed by atoms with Gasteiger partial charge in [0.15, 0.2) is 11.7 Å². The summed E-state index contributed by atoms with van der Waals surface area (Å²) in [6.07, 6.45) is -3.60. The van der Waals surface area contributed by atoms with Crippen molar-refractivity contribution in [2.24, 2.45) is 0 Å². The minimum Gasteiger partial charge on any atom is -0.467 e. The molecule has 1 N–H and O–H groups in total. The van der Waals surface area contributed by atoms with Gasteiger partial charge in [-0.25, -0.2) is 4.68 Å². The molecule has 2 unspecified atom stereocenters. The maximum Gasteiger partial charge on any atom is 0.410 e. The minimum atomic E-state index is -4.61. The summed E-state index contributed by atoms with van der Waals surface area (Å²) < 4.78 is 47.7. The fraction of sp³-hybridized carbons (Fsp3) is 0.348. The molecule has 35 heavy (non-hydrogen) atoms. The molecule has 3 aromatic rings. The molecule has 0 bridgehead atoms. The summed E-state index contributed by atoms with van der Waals surface area (Å²) in [6.45, 7) is 0.992. The van der Waals surface area contributed by atoms with Gasteiger partial charge in [-0.15, -0.1) is 0 Å². The van der Waals surface area contributed by atoms with Crippen LogP contribution < -0.4 is 5.32 Å². The largest absolute Gasteiger partial charge is 0.467 e. The van der Waals surface area contributed by atoms with E-state index in [-0.39, 0.29) is 55.0 Å². The van der Waals surface area contributed by atoms with Crippen LogP contribution in [0.15, 0.2) is 53.1 Å². The standard InChI is InChI=1S/C23H21ClF3N5O3/c24-18-19(22(34)31-10-8-30(9-11-31)21(33)14-5-2-1-3-6-14)29-32-17(23(25,26)27)13-15(28-20(18)32)16-7-4-12-35-16/h1-7,12,15,17,28H,8-11,13H2. The Bertz CT molecular complexity index is 1220. The molecule has 0 spiro atoms. The van der Waals surface area contributed by atoms with Crippen molar-refractivity contribution in [3.05, 3.63) is 70.8 Å². The third-order valence-corrected chi connectivity index (χ3v) is 6.62. The van der Waals surface area contributed by atoms with Gasteiger partial charge in [0.2, 0.25) is 0 Å². The van der Waals surface area contributed by atoms with E-state index >= 15 is 0 Å². The smallest absolute Gasteiger partial charge is 0.410 e. The normalized spacial score (nSPS) is 20.3. The van der Waals surface area contributed by atoms with Crippen LogP contribution in [0.1, 0.15) is 45.1 Å². The number of fused-ring (bicyclic) bond motifs is 1. The number of hydrogen-bond acceptors (Lipinski definition) is 5. The second kappa shape index (κ2) is 8.95. The molecule has 1 aromatic carbocycles. The average molecular weight is 508 g/mol. The monoisotopic (exact) mass is 507 g/mol. The van der Waals surface area contributed by atoms with E-state index in [1.165, 1.54) is 11.2 Å². The zero-order valence-corrected chi connectivity index (χ0v) is 19.1. The van der Waals surface area contributed by atoms with Crippen molar-refractivity contribution in [1.82, 2.24) is 19.6 Å². The van der Waals surface area contributed by atoms with E-state index < -0.39 is 24.2 Å². The summed E-state index contributed by atoms with van der Waals surface area (Å²) in [5, 5.41) is 6.75. The molecule has 0 saturated carbocycles. The lowest BCUT2D eigenvalue weighted by Crippen LogP contribution is -2.50. The van der Waals surface area contributed by atoms with Crippen molar-refractivity contribution >= 4 is 29.2 Å². The number of carbonyl (C=O) groups is 2. The number of halogens is 4. The fourth-order valence-corrected chi connectivity index (χ4v) is 4.69. The molecule has 184 valence electrons. The number of alkyl halides is 3. The highest BCUT2D eigenvalue weighted by Crippen LogP contribution is 2.46. The molecule has 8 nitrogen and oxygen atoms in total. The van der Waals surface area contributed by atoms with E-state index in [4.69, 9.17) is 16.0 Å². The van der Waals surface area contributed by atoms with Crippen molar-refractivity contribution in [2.45, 2.75) is 24.7 Å². The predicted octanol–water partition coefficient (Wildman–Crippen LogP) is 4.39. The van der Waals surface area contributed by atoms with Gasteiger partial charge in [0.25, 0.3) is 11.8 Å². The number of furan rings is 1. The Balaban J connectivity index is 1.35. The molecule has 1 fully saturated rings. The van der Waals surface area contributed by atoms with Crippen LogP contribution in [0.25, 0.3) is 0 Å². The van der Waals surface area contributed by atoms with Crippen molar-refractivity contribution in [1.29, 1.82) is 0 Å². The first-order chi connectivity index (χ1) is 16.7. The van der Waals surface area contributed by atoms with E-state index in [1.807, 2.05) is 6.07 Å². The highest BCUT2D eigenvalue weighted by molar-refractivity contribution is 6.36. The van der Waals surface area contributed by atoms with Gasteiger partial charge in [-0.05, 0) is 24.3 Å². The summed E-state index contributed by atoms with van der Waals surface area (Å²) in [5.74, 6) is -0.479. The highest BCUT2D eigenvalue weighted by atomic mass is 35.5. The second-order valence-corrected chi connectivity index (χ2v) is 8.79. The molecule has 2 atom stereocenters. The van der Waals surface area contributed by atoms with Gasteiger partial charge in [-0.3, -0.25) is 9.59 Å². The number of aromatic nitrogens is 2. The molecule has 1 saturated heterocycles. The summed E-state index contributed by atoms with van der Waals surface area (Å²) in [5.41, 5.74) is 0.291. The summed E-state index contributed by atoms with van der Waals surface area (Å²) in [7, 11) is 0. The molecule has 2 amide bonds. The summed E-state index contributed by atoms with van der Waals surface area (Å²) in [4.78, 5) is 28.9. The van der Waals surface area contributed by atoms with Gasteiger partial charge >= 0.3 is 6.18 Å². The quantitative estimate of drug-likeness (QED) is 0.568. The Labute approximate surface area is 203 Å². The first kappa shape index (κ1) is 23.3. The zero-order chi connectivity index (χ0) is 24.7. The Morgan fingerprint density at radius 3 is 2.26 bits per heavy atom. The molecule has 0 radical (unpaired) electrons. The number of nitrogens with zero attached hydrogens (tertiary/aromatic N) is 4. The SMILES string of the molecule is O=C(c1ccccc1)N1CCN(C(=O)c2nn3c(c2Cl)NC(c2ccco2)CC3C(F)(F)F)CC1. The Hall–Kier alpha value is -3.47. The van der Waals surface area contributed by atoms with Gasteiger partial charge in [0, 0.05) is 38.2 Å². The van der Waals surface area contributed by atoms with Crippen molar-refractivity contribution in [2.75, 3.05) is 31.5 Å². The topological polar surface area (TPSA) is 83.6 Å². The molecular weight excluding hydrogens is 487 g/mol. The van der Waals surface area contributed by atoms with Crippen LogP contribution in [-0.2, 0) is 0 Å². The van der Waals surface area contributed by atoms with E-state index in [0.717, 1.165) is 4.68 Å². The van der Waals surface area contributed by atoms with Crippen LogP contribution in [0.4, 0.5) is 19.0 Å². The predicted molar refractivity (Wildman–Crippen MR) is 120 cm³/mol. The van der Waals surface area contributed by atoms with Gasteiger partial charge in [-0.2, -0.15) is 18.3 Å². The van der Waals surface area contributed by atoms with Crippen molar-refractivity contribution in [3.8, 4) is 0 Å². The Morgan fingerprint density at radius 1 is 1.00 bits per heavy atom. The molecule has 5 rings (SSSR count). The van der Waals surface area contributed by atoms with Gasteiger partial charge in [-0.1, -0.05) is 29.8 Å². The van der Waals surface area contributed by atoms with Crippen LogP contribution in [0.5, 0.6) is 0 Å². The van der Waals surface area contributed by atoms with Crippen molar-refractivity contribution in [3.63, 3.8) is 0 Å². The molecule has 2 aliphatic heterocycles. The number of carbonyl (C=O) groups excluding carboxylic acids is 2. The summed E-state index contributed by atoms with van der Waals surface area (Å²) >= 11 is 6.40. The minimum absolute atomic E-state index is 0.0807. The Kier molecular flexibility index (Phi) is 5.96. The lowest BCUT2D eigenvalue weighted by molar-refractivity contribution is -0.174. The van der Waals surface area contributed by atoms with Crippen LogP contribution in [0.2, 0.25) is 5.02 Å². The van der Waals surface area contributed by atoms with Crippen molar-refractivity contribution < 1.29 is 27.2 Å². The van der Waals surface area contributed by atoms with E-state index in [2.05, 4.69) is 10.4 Å². The van der Waals surface area contributed by atoms with Crippen LogP contribution >= 0.6 is 11.6 Å². The van der Waals surface area contributed by atoms with Crippen LogP contribution in [0.3, 0.4) is 0 Å². The third-order valence-electron chi connectivity index (χ3n) is 6.26. The van der Waals surface area contributed by atoms with E-state index in [1.54, 1.807) is 41.3 Å². The van der Waals surface area contributed by atoms with Gasteiger partial charge in [0.1, 0.15) is 16.6 Å². The number of benzene rings is 1. The fourth-order valence-electron chi connectivity index (χ4n) is 4.43.